The molecule has 1 aliphatic carbocycles. The van der Waals surface area contributed by atoms with E-state index in [-0.39, 0.29) is 42.3 Å². The Morgan fingerprint density at radius 3 is 1.64 bits per heavy atom. The minimum absolute atomic E-state index is 0.00163. The van der Waals surface area contributed by atoms with Gasteiger partial charge in [-0.2, -0.15) is 0 Å². The molecule has 0 radical (unpaired) electrons. The molecule has 1 aromatic carbocycles. The Bertz CT molecular complexity index is 1280. The average Bonchev–Trinajstić information content (AvgIpc) is 3.13. The van der Waals surface area contributed by atoms with Crippen LogP contribution in [-0.2, 0) is 16.0 Å². The number of piperidine rings is 1. The van der Waals surface area contributed by atoms with Crippen LogP contribution in [0.25, 0.3) is 0 Å². The van der Waals surface area contributed by atoms with Crippen molar-refractivity contribution in [2.75, 3.05) is 72.0 Å². The Kier molecular flexibility index (Phi) is 13.8. The summed E-state index contributed by atoms with van der Waals surface area (Å²) in [6, 6.07) is 6.92. The molecule has 0 unspecified atom stereocenters. The second-order valence-electron chi connectivity index (χ2n) is 13.8. The van der Waals surface area contributed by atoms with E-state index in [0.717, 1.165) is 50.8 Å². The van der Waals surface area contributed by atoms with Crippen molar-refractivity contribution < 1.29 is 28.7 Å². The first-order valence-corrected chi connectivity index (χ1v) is 18.4. The number of nitrogen functional groups attached to an aromatic ring is 1. The first-order valence-electron chi connectivity index (χ1n) is 18.4. The lowest BCUT2D eigenvalue weighted by molar-refractivity contribution is 0.0196. The van der Waals surface area contributed by atoms with Gasteiger partial charge in [-0.3, -0.25) is 5.41 Å². The van der Waals surface area contributed by atoms with Gasteiger partial charge in [0.25, 0.3) is 0 Å². The number of hydrogen-bond acceptors (Lipinski definition) is 8. The normalized spacial score (nSPS) is 22.2. The Hall–Kier alpha value is -4.27. The van der Waals surface area contributed by atoms with Crippen LogP contribution in [-0.4, -0.2) is 134 Å². The van der Waals surface area contributed by atoms with Crippen molar-refractivity contribution in [1.29, 1.82) is 5.41 Å². The fourth-order valence-corrected chi connectivity index (χ4v) is 7.05. The lowest BCUT2D eigenvalue weighted by Crippen LogP contribution is -2.53. The molecular formula is C35H55N9O6. The van der Waals surface area contributed by atoms with Gasteiger partial charge in [0, 0.05) is 71.0 Å². The van der Waals surface area contributed by atoms with Crippen LogP contribution in [0.5, 0.6) is 0 Å². The molecule has 276 valence electrons. The fraction of sp³-hybridized carbons (Fsp3) is 0.686. The molecule has 50 heavy (non-hydrogen) atoms. The fourth-order valence-electron chi connectivity index (χ4n) is 7.05. The number of piperazine rings is 2. The molecule has 15 heteroatoms. The maximum atomic E-state index is 12.9. The number of hydrogen-bond donors (Lipinski definition) is 5. The molecule has 4 aliphatic rings. The molecule has 5 rings (SSSR count). The van der Waals surface area contributed by atoms with Gasteiger partial charge < -0.3 is 50.8 Å². The summed E-state index contributed by atoms with van der Waals surface area (Å²) in [4.78, 5) is 58.0. The summed E-state index contributed by atoms with van der Waals surface area (Å²) in [6.45, 7) is 6.71. The molecule has 0 bridgehead atoms. The molecule has 4 fully saturated rings. The van der Waals surface area contributed by atoms with Gasteiger partial charge in [0.1, 0.15) is 18.0 Å². The zero-order valence-corrected chi connectivity index (χ0v) is 29.2. The number of benzene rings is 1. The zero-order chi connectivity index (χ0) is 35.3. The highest BCUT2D eigenvalue weighted by molar-refractivity contribution is 5.94. The predicted molar refractivity (Wildman–Crippen MR) is 188 cm³/mol. The van der Waals surface area contributed by atoms with E-state index >= 15 is 0 Å². The number of carbonyl (C=O) groups excluding carboxylic acids is 4. The van der Waals surface area contributed by atoms with Gasteiger partial charge in [-0.1, -0.05) is 24.3 Å². The van der Waals surface area contributed by atoms with E-state index < -0.39 is 0 Å². The standard InChI is InChI=1S/C35H55N9O6/c36-31(37)28-9-7-27(8-10-28)25-40-33(46)42-19-23-44(24-20-42)35(48)50-30-5-1-3-29(4-2-6-30)49-34(47)43-21-17-41(18-22-43)32(45)39-16-13-26-11-14-38-15-12-26/h7-10,26,29-30,38H,1-6,11-25H2,(H3,36,37)(H,39,45)(H,40,46). The summed E-state index contributed by atoms with van der Waals surface area (Å²) in [6.07, 6.45) is 6.73. The van der Waals surface area contributed by atoms with Crippen molar-refractivity contribution in [1.82, 2.24) is 35.6 Å². The molecule has 1 aromatic rings. The van der Waals surface area contributed by atoms with E-state index in [1.54, 1.807) is 31.7 Å². The highest BCUT2D eigenvalue weighted by atomic mass is 16.6. The van der Waals surface area contributed by atoms with Crippen LogP contribution in [0.4, 0.5) is 19.2 Å². The number of carbonyl (C=O) groups is 4. The number of amidine groups is 1. The van der Waals surface area contributed by atoms with E-state index in [0.29, 0.717) is 103 Å². The van der Waals surface area contributed by atoms with Crippen molar-refractivity contribution in [3.05, 3.63) is 35.4 Å². The maximum absolute atomic E-state index is 12.9. The molecule has 0 spiro atoms. The summed E-state index contributed by atoms with van der Waals surface area (Å²) in [5.74, 6) is 0.673. The third kappa shape index (κ3) is 11.1. The SMILES string of the molecule is N=C(N)c1ccc(CNC(=O)N2CCN(C(=O)OC3CCCC(OC(=O)N4CCN(C(=O)NCCC5CCNCC5)CC4)CCC3)CC2)cc1. The van der Waals surface area contributed by atoms with E-state index in [1.165, 1.54) is 0 Å². The average molecular weight is 698 g/mol. The van der Waals surface area contributed by atoms with Gasteiger partial charge in [0.15, 0.2) is 0 Å². The third-order valence-corrected chi connectivity index (χ3v) is 10.3. The number of amides is 6. The third-order valence-electron chi connectivity index (χ3n) is 10.3. The van der Waals surface area contributed by atoms with Crippen LogP contribution in [0, 0.1) is 11.3 Å². The van der Waals surface area contributed by atoms with Crippen molar-refractivity contribution >= 4 is 30.1 Å². The summed E-state index contributed by atoms with van der Waals surface area (Å²) >= 11 is 0. The summed E-state index contributed by atoms with van der Waals surface area (Å²) in [7, 11) is 0. The second-order valence-corrected chi connectivity index (χ2v) is 13.8. The van der Waals surface area contributed by atoms with Gasteiger partial charge in [-0.15, -0.1) is 0 Å². The minimum atomic E-state index is -0.348. The van der Waals surface area contributed by atoms with Crippen molar-refractivity contribution in [2.45, 2.75) is 76.5 Å². The van der Waals surface area contributed by atoms with E-state index in [9.17, 15) is 19.2 Å². The van der Waals surface area contributed by atoms with E-state index in [4.69, 9.17) is 20.6 Å². The van der Waals surface area contributed by atoms with Crippen LogP contribution in [0.3, 0.4) is 0 Å². The van der Waals surface area contributed by atoms with Crippen LogP contribution in [0.1, 0.15) is 68.9 Å². The zero-order valence-electron chi connectivity index (χ0n) is 29.2. The molecule has 3 heterocycles. The van der Waals surface area contributed by atoms with Crippen LogP contribution in [0.2, 0.25) is 0 Å². The maximum Gasteiger partial charge on any atom is 0.410 e. The highest BCUT2D eigenvalue weighted by Gasteiger charge is 2.30. The van der Waals surface area contributed by atoms with Gasteiger partial charge in [-0.05, 0) is 82.4 Å². The highest BCUT2D eigenvalue weighted by Crippen LogP contribution is 2.24. The predicted octanol–water partition coefficient (Wildman–Crippen LogP) is 2.88. The minimum Gasteiger partial charge on any atom is -0.446 e. The second kappa shape index (κ2) is 18.6. The molecule has 1 saturated carbocycles. The lowest BCUT2D eigenvalue weighted by Gasteiger charge is -2.36. The van der Waals surface area contributed by atoms with Crippen LogP contribution < -0.4 is 21.7 Å². The van der Waals surface area contributed by atoms with E-state index in [2.05, 4.69) is 16.0 Å². The van der Waals surface area contributed by atoms with Crippen LogP contribution >= 0.6 is 0 Å². The van der Waals surface area contributed by atoms with Gasteiger partial charge in [0.05, 0.1) is 0 Å². The number of nitrogens with one attached hydrogen (secondary N) is 4. The molecule has 6 N–H and O–H groups in total. The van der Waals surface area contributed by atoms with Gasteiger partial charge >= 0.3 is 24.2 Å². The Labute approximate surface area is 295 Å². The number of nitrogens with two attached hydrogens (primary N) is 1. The first-order chi connectivity index (χ1) is 24.2. The molecule has 6 amide bonds. The first kappa shape index (κ1) is 37.0. The topological polar surface area (TPSA) is 186 Å². The summed E-state index contributed by atoms with van der Waals surface area (Å²) in [5.41, 5.74) is 7.04. The Morgan fingerprint density at radius 1 is 0.700 bits per heavy atom. The number of rotatable bonds is 8. The largest absolute Gasteiger partial charge is 0.446 e. The monoisotopic (exact) mass is 697 g/mol. The number of urea groups is 2. The Balaban J connectivity index is 0.926. The van der Waals surface area contributed by atoms with Gasteiger partial charge in [-0.25, -0.2) is 19.2 Å². The molecule has 3 aliphatic heterocycles. The summed E-state index contributed by atoms with van der Waals surface area (Å²) in [5, 5.41) is 16.8. The lowest BCUT2D eigenvalue weighted by atomic mass is 9.95. The van der Waals surface area contributed by atoms with Crippen molar-refractivity contribution in [3.63, 3.8) is 0 Å². The van der Waals surface area contributed by atoms with Gasteiger partial charge in [0.2, 0.25) is 0 Å². The number of nitrogens with zero attached hydrogens (tertiary/aromatic N) is 4. The molecular weight excluding hydrogens is 642 g/mol. The molecule has 3 saturated heterocycles. The molecule has 15 nitrogen and oxygen atoms in total. The Morgan fingerprint density at radius 2 is 1.16 bits per heavy atom. The molecule has 0 atom stereocenters. The van der Waals surface area contributed by atoms with Crippen molar-refractivity contribution in [2.24, 2.45) is 11.7 Å². The number of ether oxygens (including phenoxy) is 2. The van der Waals surface area contributed by atoms with Crippen molar-refractivity contribution in [3.8, 4) is 0 Å². The van der Waals surface area contributed by atoms with Crippen LogP contribution in [0.15, 0.2) is 24.3 Å². The van der Waals surface area contributed by atoms with E-state index in [1.807, 2.05) is 12.1 Å². The smallest absolute Gasteiger partial charge is 0.410 e. The molecule has 0 aromatic heterocycles. The summed E-state index contributed by atoms with van der Waals surface area (Å²) < 4.78 is 11.8. The quantitative estimate of drug-likeness (QED) is 0.203.